The molecule has 0 atom stereocenters. The maximum Gasteiger partial charge on any atom is 0.278 e. The molecule has 36 heavy (non-hydrogen) atoms. The van der Waals surface area contributed by atoms with E-state index in [1.165, 1.54) is 18.2 Å². The second kappa shape index (κ2) is 11.9. The minimum absolute atomic E-state index is 0.0145. The number of aliphatic hydroxyl groups is 1. The molecule has 0 unspecified atom stereocenters. The Morgan fingerprint density at radius 3 is 2.33 bits per heavy atom. The summed E-state index contributed by atoms with van der Waals surface area (Å²) in [7, 11) is -3.55. The summed E-state index contributed by atoms with van der Waals surface area (Å²) in [5.74, 6) is -1.24. The van der Waals surface area contributed by atoms with Crippen LogP contribution in [0.4, 0.5) is 22.7 Å². The highest BCUT2D eigenvalue weighted by atomic mass is 35.5. The zero-order valence-corrected chi connectivity index (χ0v) is 22.9. The van der Waals surface area contributed by atoms with Crippen LogP contribution in [0.3, 0.4) is 0 Å². The van der Waals surface area contributed by atoms with E-state index in [1.807, 2.05) is 30.9 Å². The Labute approximate surface area is 217 Å². The largest absolute Gasteiger partial charge is 0.395 e. The average molecular weight is 537 g/mol. The van der Waals surface area contributed by atoms with Crippen LogP contribution in [-0.2, 0) is 19.6 Å². The van der Waals surface area contributed by atoms with Gasteiger partial charge in [-0.1, -0.05) is 32.4 Å². The van der Waals surface area contributed by atoms with Gasteiger partial charge in [0.25, 0.3) is 5.91 Å². The molecule has 2 aromatic rings. The lowest BCUT2D eigenvalue weighted by atomic mass is 9.87. The molecule has 0 aromatic heterocycles. The molecule has 9 nitrogen and oxygen atoms in total. The van der Waals surface area contributed by atoms with Crippen molar-refractivity contribution >= 4 is 61.8 Å². The lowest BCUT2D eigenvalue weighted by Gasteiger charge is -2.23. The minimum Gasteiger partial charge on any atom is -0.395 e. The molecular formula is C25H33ClN4O5S. The third-order valence-corrected chi connectivity index (χ3v) is 6.09. The van der Waals surface area contributed by atoms with Gasteiger partial charge in [0.2, 0.25) is 10.0 Å². The number of likely N-dealkylation sites (N-methyl/N-ethyl adjacent to an activating group) is 1. The van der Waals surface area contributed by atoms with E-state index in [4.69, 9.17) is 11.6 Å². The van der Waals surface area contributed by atoms with Crippen LogP contribution in [0.25, 0.3) is 0 Å². The lowest BCUT2D eigenvalue weighted by Crippen LogP contribution is -2.37. The first-order valence-corrected chi connectivity index (χ1v) is 13.6. The maximum absolute atomic E-state index is 13.3. The van der Waals surface area contributed by atoms with Crippen LogP contribution < -0.4 is 14.9 Å². The van der Waals surface area contributed by atoms with Crippen molar-refractivity contribution < 1.29 is 23.1 Å². The summed E-state index contributed by atoms with van der Waals surface area (Å²) in [5.41, 5.74) is 1.20. The molecular weight excluding hydrogens is 504 g/mol. The van der Waals surface area contributed by atoms with E-state index in [0.29, 0.717) is 18.8 Å². The van der Waals surface area contributed by atoms with Crippen molar-refractivity contribution in [2.45, 2.75) is 34.6 Å². The molecule has 2 rings (SSSR count). The van der Waals surface area contributed by atoms with Gasteiger partial charge in [-0.3, -0.25) is 14.3 Å². The second-order valence-electron chi connectivity index (χ2n) is 9.34. The number of benzene rings is 2. The van der Waals surface area contributed by atoms with Crippen molar-refractivity contribution in [1.29, 1.82) is 0 Å². The lowest BCUT2D eigenvalue weighted by molar-refractivity contribution is -0.121. The summed E-state index contributed by atoms with van der Waals surface area (Å²) in [4.78, 5) is 32.9. The summed E-state index contributed by atoms with van der Waals surface area (Å²) in [6, 6.07) is 9.67. The highest BCUT2D eigenvalue weighted by Crippen LogP contribution is 2.29. The van der Waals surface area contributed by atoms with Crippen molar-refractivity contribution in [3.8, 4) is 0 Å². The van der Waals surface area contributed by atoms with Gasteiger partial charge in [-0.05, 0) is 55.8 Å². The van der Waals surface area contributed by atoms with Crippen LogP contribution in [0.15, 0.2) is 41.4 Å². The fourth-order valence-electron chi connectivity index (χ4n) is 3.31. The molecule has 0 fully saturated rings. The zero-order valence-electron chi connectivity index (χ0n) is 21.3. The van der Waals surface area contributed by atoms with Crippen LogP contribution in [0.2, 0.25) is 5.02 Å². The Kier molecular flexibility index (Phi) is 9.64. The number of Topliss-reactive ketones (excluding diaryl/α,β-unsaturated/α-hetero) is 1. The summed E-state index contributed by atoms with van der Waals surface area (Å²) >= 11 is 6.22. The van der Waals surface area contributed by atoms with Crippen molar-refractivity contribution in [2.75, 3.05) is 40.9 Å². The Morgan fingerprint density at radius 1 is 1.14 bits per heavy atom. The van der Waals surface area contributed by atoms with Gasteiger partial charge in [0.1, 0.15) is 0 Å². The summed E-state index contributed by atoms with van der Waals surface area (Å²) < 4.78 is 25.5. The Balaban J connectivity index is 2.49. The molecule has 0 saturated heterocycles. The van der Waals surface area contributed by atoms with Crippen molar-refractivity contribution in [1.82, 2.24) is 0 Å². The predicted molar refractivity (Wildman–Crippen MR) is 146 cm³/mol. The molecule has 3 N–H and O–H groups in total. The molecule has 196 valence electrons. The third-order valence-electron chi connectivity index (χ3n) is 5.16. The van der Waals surface area contributed by atoms with Crippen molar-refractivity contribution in [3.05, 3.63) is 47.0 Å². The fraction of sp³-hybridized carbons (Fsp3) is 0.400. The first-order valence-electron chi connectivity index (χ1n) is 11.3. The van der Waals surface area contributed by atoms with Crippen molar-refractivity contribution in [2.24, 2.45) is 10.4 Å². The molecule has 0 saturated carbocycles. The molecule has 0 aliphatic carbocycles. The number of halogens is 1. The topological polar surface area (TPSA) is 128 Å². The smallest absolute Gasteiger partial charge is 0.278 e. The van der Waals surface area contributed by atoms with Gasteiger partial charge >= 0.3 is 0 Å². The summed E-state index contributed by atoms with van der Waals surface area (Å²) in [5, 5.41) is 12.0. The fourth-order valence-corrected chi connectivity index (χ4v) is 4.03. The average Bonchev–Trinajstić information content (AvgIpc) is 2.76. The number of aliphatic hydroxyl groups excluding tert-OH is 1. The van der Waals surface area contributed by atoms with Gasteiger partial charge in [0.15, 0.2) is 11.5 Å². The maximum atomic E-state index is 13.3. The molecule has 11 heteroatoms. The highest BCUT2D eigenvalue weighted by molar-refractivity contribution is 7.92. The minimum atomic E-state index is -3.55. The number of ketones is 1. The first-order chi connectivity index (χ1) is 16.7. The SMILES string of the molecule is CCN(CCO)c1ccc(N=C(C(=O)Nc2cc(NS(C)(=O)=O)ccc2Cl)C(=O)C(C)(C)C)c(C)c1. The molecule has 0 spiro atoms. The number of aryl methyl sites for hydroxylation is 1. The number of hydrogen-bond acceptors (Lipinski definition) is 7. The van der Waals surface area contributed by atoms with Crippen LogP contribution in [0.5, 0.6) is 0 Å². The summed E-state index contributed by atoms with van der Waals surface area (Å²) in [6.45, 7) is 10.1. The number of nitrogens with zero attached hydrogens (tertiary/aromatic N) is 2. The Morgan fingerprint density at radius 2 is 1.81 bits per heavy atom. The Bertz CT molecular complexity index is 1270. The number of aliphatic imine (C=N–C) groups is 1. The predicted octanol–water partition coefficient (Wildman–Crippen LogP) is 4.16. The molecule has 0 bridgehead atoms. The van der Waals surface area contributed by atoms with Gasteiger partial charge < -0.3 is 15.3 Å². The van der Waals surface area contributed by atoms with E-state index in [9.17, 15) is 23.1 Å². The number of amides is 1. The molecule has 1 amide bonds. The Hall–Kier alpha value is -2.95. The normalized spacial score (nSPS) is 12.3. The number of rotatable bonds is 10. The number of sulfonamides is 1. The molecule has 0 heterocycles. The van der Waals surface area contributed by atoms with Crippen molar-refractivity contribution in [3.63, 3.8) is 0 Å². The highest BCUT2D eigenvalue weighted by Gasteiger charge is 2.31. The van der Waals surface area contributed by atoms with E-state index >= 15 is 0 Å². The van der Waals surface area contributed by atoms with E-state index in [1.54, 1.807) is 26.8 Å². The standard InChI is InChI=1S/C25H33ClN4O5S/c1-7-30(12-13-31)18-9-11-20(16(2)14-18)27-22(23(32)25(3,4)5)24(33)28-21-15-17(8-10-19(21)26)29-36(6,34)35/h8-11,14-15,29,31H,7,12-13H2,1-6H3,(H,28,33). The molecule has 2 aromatic carbocycles. The monoisotopic (exact) mass is 536 g/mol. The molecule has 0 aliphatic heterocycles. The second-order valence-corrected chi connectivity index (χ2v) is 11.5. The van der Waals surface area contributed by atoms with Crippen LogP contribution in [0.1, 0.15) is 33.3 Å². The van der Waals surface area contributed by atoms with E-state index in [2.05, 4.69) is 15.0 Å². The van der Waals surface area contributed by atoms with E-state index < -0.39 is 27.1 Å². The van der Waals surface area contributed by atoms with E-state index in [-0.39, 0.29) is 28.7 Å². The summed E-state index contributed by atoms with van der Waals surface area (Å²) in [6.07, 6.45) is 1.00. The number of nitrogens with one attached hydrogen (secondary N) is 2. The van der Waals surface area contributed by atoms with Crippen LogP contribution in [0, 0.1) is 12.3 Å². The van der Waals surface area contributed by atoms with Gasteiger partial charge in [0.05, 0.1) is 34.9 Å². The van der Waals surface area contributed by atoms with Gasteiger partial charge in [-0.15, -0.1) is 0 Å². The number of carbonyl (C=O) groups excluding carboxylic acids is 2. The first kappa shape index (κ1) is 29.3. The van der Waals surface area contributed by atoms with Crippen LogP contribution in [-0.4, -0.2) is 56.9 Å². The van der Waals surface area contributed by atoms with Gasteiger partial charge in [-0.2, -0.15) is 0 Å². The number of carbonyl (C=O) groups is 2. The van der Waals surface area contributed by atoms with Crippen LogP contribution >= 0.6 is 11.6 Å². The number of anilines is 3. The molecule has 0 aliphatic rings. The van der Waals surface area contributed by atoms with Gasteiger partial charge in [-0.25, -0.2) is 13.4 Å². The van der Waals surface area contributed by atoms with E-state index in [0.717, 1.165) is 17.5 Å². The van der Waals surface area contributed by atoms with Gasteiger partial charge in [0, 0.05) is 24.2 Å². The molecule has 0 radical (unpaired) electrons. The third kappa shape index (κ3) is 8.04. The quantitative estimate of drug-likeness (QED) is 0.309. The number of hydrogen-bond donors (Lipinski definition) is 3. The zero-order chi connectivity index (χ0) is 27.3.